The summed E-state index contributed by atoms with van der Waals surface area (Å²) in [6.07, 6.45) is 7.80. The maximum atomic E-state index is 10.6. The number of nitriles is 1. The summed E-state index contributed by atoms with van der Waals surface area (Å²) in [7, 11) is 0. The number of rotatable bonds is 4. The molecule has 1 saturated carbocycles. The molecule has 2 aliphatic rings. The third-order valence-corrected chi connectivity index (χ3v) is 6.70. The first-order valence-corrected chi connectivity index (χ1v) is 10.4. The van der Waals surface area contributed by atoms with Crippen molar-refractivity contribution in [1.29, 1.82) is 5.26 Å². The molecule has 3 aromatic rings. The summed E-state index contributed by atoms with van der Waals surface area (Å²) < 4.78 is 0. The van der Waals surface area contributed by atoms with E-state index in [9.17, 15) is 5.26 Å². The topological polar surface area (TPSA) is 61.6 Å². The van der Waals surface area contributed by atoms with Gasteiger partial charge < -0.3 is 5.32 Å². The number of aromatic nitrogens is 2. The van der Waals surface area contributed by atoms with Crippen LogP contribution in [-0.4, -0.2) is 9.97 Å². The first-order chi connectivity index (χ1) is 14.3. The molecule has 144 valence electrons. The highest BCUT2D eigenvalue weighted by Gasteiger charge is 2.58. The lowest BCUT2D eigenvalue weighted by molar-refractivity contribution is 0.361. The lowest BCUT2D eigenvalue weighted by Crippen LogP contribution is -2.50. The molecule has 2 aromatic carbocycles. The molecule has 2 unspecified atom stereocenters. The Balaban J connectivity index is 1.68. The quantitative estimate of drug-likeness (QED) is 0.698. The third-order valence-electron chi connectivity index (χ3n) is 6.70. The second-order valence-corrected chi connectivity index (χ2v) is 8.15. The van der Waals surface area contributed by atoms with Gasteiger partial charge in [0.15, 0.2) is 0 Å². The number of hydrogen-bond donors (Lipinski definition) is 1. The summed E-state index contributed by atoms with van der Waals surface area (Å²) in [5.41, 5.74) is 3.32. The summed E-state index contributed by atoms with van der Waals surface area (Å²) in [4.78, 5) is 9.50. The first-order valence-electron chi connectivity index (χ1n) is 10.4. The van der Waals surface area contributed by atoms with Crippen LogP contribution in [0.5, 0.6) is 0 Å². The van der Waals surface area contributed by atoms with Crippen molar-refractivity contribution in [2.75, 3.05) is 5.32 Å². The highest BCUT2D eigenvalue weighted by atomic mass is 15.2. The van der Waals surface area contributed by atoms with Crippen LogP contribution in [0.4, 0.5) is 5.95 Å². The number of fused-ring (bicyclic) bond motifs is 1. The van der Waals surface area contributed by atoms with Crippen molar-refractivity contribution in [1.82, 2.24) is 9.97 Å². The molecule has 1 N–H and O–H groups in total. The Kier molecular flexibility index (Phi) is 4.32. The second-order valence-electron chi connectivity index (χ2n) is 8.15. The van der Waals surface area contributed by atoms with Crippen LogP contribution < -0.4 is 5.32 Å². The minimum Gasteiger partial charge on any atom is -0.343 e. The van der Waals surface area contributed by atoms with Gasteiger partial charge in [-0.05, 0) is 55.2 Å². The van der Waals surface area contributed by atoms with Crippen molar-refractivity contribution in [3.63, 3.8) is 0 Å². The monoisotopic (exact) mass is 380 g/mol. The Morgan fingerprint density at radius 3 is 2.31 bits per heavy atom. The number of nitrogens with zero attached hydrogens (tertiary/aromatic N) is 3. The molecule has 1 fully saturated rings. The molecular formula is C25H24N4. The number of anilines is 1. The zero-order valence-electron chi connectivity index (χ0n) is 16.4. The number of benzene rings is 2. The lowest BCUT2D eigenvalue weighted by atomic mass is 9.65. The van der Waals surface area contributed by atoms with Gasteiger partial charge in [0.1, 0.15) is 5.41 Å². The lowest BCUT2D eigenvalue weighted by Gasteiger charge is -2.43. The third kappa shape index (κ3) is 2.73. The summed E-state index contributed by atoms with van der Waals surface area (Å²) in [6, 6.07) is 23.3. The van der Waals surface area contributed by atoms with E-state index in [4.69, 9.17) is 4.98 Å². The Hall–Kier alpha value is -3.19. The van der Waals surface area contributed by atoms with Crippen LogP contribution in [0.2, 0.25) is 0 Å². The first kappa shape index (κ1) is 17.9. The van der Waals surface area contributed by atoms with Crippen LogP contribution in [0.25, 0.3) is 0 Å². The molecule has 0 saturated heterocycles. The molecule has 4 nitrogen and oxygen atoms in total. The predicted molar refractivity (Wildman–Crippen MR) is 113 cm³/mol. The van der Waals surface area contributed by atoms with Crippen molar-refractivity contribution < 1.29 is 0 Å². The molecule has 1 aromatic heterocycles. The van der Waals surface area contributed by atoms with Crippen LogP contribution in [0.3, 0.4) is 0 Å². The van der Waals surface area contributed by atoms with E-state index in [0.29, 0.717) is 5.95 Å². The smallest absolute Gasteiger partial charge is 0.223 e. The van der Waals surface area contributed by atoms with Crippen molar-refractivity contribution in [3.8, 4) is 6.07 Å². The number of hydrogen-bond acceptors (Lipinski definition) is 4. The zero-order valence-corrected chi connectivity index (χ0v) is 16.4. The summed E-state index contributed by atoms with van der Waals surface area (Å²) in [5, 5.41) is 14.3. The minimum absolute atomic E-state index is 0.572. The number of nitrogens with one attached hydrogen (secondary N) is 1. The van der Waals surface area contributed by atoms with E-state index in [1.54, 1.807) is 0 Å². The van der Waals surface area contributed by atoms with E-state index in [1.807, 2.05) is 42.6 Å². The van der Waals surface area contributed by atoms with Gasteiger partial charge in [-0.1, -0.05) is 60.7 Å². The van der Waals surface area contributed by atoms with E-state index >= 15 is 0 Å². The van der Waals surface area contributed by atoms with Crippen molar-refractivity contribution in [2.24, 2.45) is 0 Å². The predicted octanol–water partition coefficient (Wildman–Crippen LogP) is 4.92. The number of aryl methyl sites for hydroxylation is 2. The zero-order chi connectivity index (χ0) is 19.7. The fourth-order valence-electron chi connectivity index (χ4n) is 5.29. The molecule has 5 rings (SSSR count). The Morgan fingerprint density at radius 2 is 1.59 bits per heavy atom. The minimum atomic E-state index is -0.683. The van der Waals surface area contributed by atoms with Gasteiger partial charge in [-0.2, -0.15) is 5.26 Å². The van der Waals surface area contributed by atoms with E-state index in [1.165, 1.54) is 5.56 Å². The molecule has 2 atom stereocenters. The van der Waals surface area contributed by atoms with Gasteiger partial charge in [0, 0.05) is 11.9 Å². The normalized spacial score (nSPS) is 25.3. The highest BCUT2D eigenvalue weighted by Crippen LogP contribution is 2.55. The van der Waals surface area contributed by atoms with Gasteiger partial charge >= 0.3 is 0 Å². The van der Waals surface area contributed by atoms with Crippen LogP contribution in [0.1, 0.15) is 48.1 Å². The van der Waals surface area contributed by atoms with Crippen LogP contribution in [0.15, 0.2) is 66.9 Å². The van der Waals surface area contributed by atoms with Crippen molar-refractivity contribution in [3.05, 3.63) is 89.2 Å². The van der Waals surface area contributed by atoms with E-state index in [0.717, 1.165) is 55.3 Å². The molecule has 0 spiro atoms. The Morgan fingerprint density at radius 1 is 0.862 bits per heavy atom. The van der Waals surface area contributed by atoms with Gasteiger partial charge in [0.2, 0.25) is 5.95 Å². The van der Waals surface area contributed by atoms with Crippen LogP contribution in [-0.2, 0) is 23.8 Å². The Labute approximate surface area is 171 Å². The van der Waals surface area contributed by atoms with Crippen molar-refractivity contribution >= 4 is 5.95 Å². The second kappa shape index (κ2) is 7.00. The highest BCUT2D eigenvalue weighted by molar-refractivity contribution is 5.52. The molecule has 0 aliphatic heterocycles. The van der Waals surface area contributed by atoms with Crippen LogP contribution in [0, 0.1) is 11.3 Å². The standard InChI is InChI=1S/C25H24N4/c26-18-24(20-10-3-1-4-11-20)15-8-16-25(24,21-12-5-2-6-13-21)29-23-27-17-19-9-7-14-22(19)28-23/h1-6,10-13,17H,7-9,14-16H2,(H,27,28,29). The SMILES string of the molecule is N#CC1(c2ccccc2)CCCC1(Nc1ncc2c(n1)CCC2)c1ccccc1. The van der Waals surface area contributed by atoms with Gasteiger partial charge in [-0.3, -0.25) is 0 Å². The van der Waals surface area contributed by atoms with E-state index < -0.39 is 11.0 Å². The molecule has 2 aliphatic carbocycles. The van der Waals surface area contributed by atoms with E-state index in [2.05, 4.69) is 40.6 Å². The molecule has 0 amide bonds. The maximum Gasteiger partial charge on any atom is 0.223 e. The Bertz CT molecular complexity index is 1060. The summed E-state index contributed by atoms with van der Waals surface area (Å²) in [6.45, 7) is 0. The maximum absolute atomic E-state index is 10.6. The van der Waals surface area contributed by atoms with Gasteiger partial charge in [-0.25, -0.2) is 9.97 Å². The van der Waals surface area contributed by atoms with E-state index in [-0.39, 0.29) is 0 Å². The average Bonchev–Trinajstić information content (AvgIpc) is 3.40. The summed E-state index contributed by atoms with van der Waals surface area (Å²) in [5.74, 6) is 0.631. The van der Waals surface area contributed by atoms with Crippen LogP contribution >= 0.6 is 0 Å². The molecule has 4 heteroatoms. The van der Waals surface area contributed by atoms with Gasteiger partial charge in [-0.15, -0.1) is 0 Å². The van der Waals surface area contributed by atoms with Gasteiger partial charge in [0.05, 0.1) is 11.6 Å². The molecule has 1 heterocycles. The van der Waals surface area contributed by atoms with Gasteiger partial charge in [0.25, 0.3) is 0 Å². The molecule has 0 bridgehead atoms. The summed E-state index contributed by atoms with van der Waals surface area (Å²) >= 11 is 0. The van der Waals surface area contributed by atoms with Crippen molar-refractivity contribution in [2.45, 2.75) is 49.5 Å². The molecule has 0 radical (unpaired) electrons. The fraction of sp³-hybridized carbons (Fsp3) is 0.320. The average molecular weight is 380 g/mol. The molecular weight excluding hydrogens is 356 g/mol. The fourth-order valence-corrected chi connectivity index (χ4v) is 5.29. The largest absolute Gasteiger partial charge is 0.343 e. The molecule has 29 heavy (non-hydrogen) atoms.